The first-order valence-electron chi connectivity index (χ1n) is 9.55. The van der Waals surface area contributed by atoms with Crippen LogP contribution >= 0.6 is 18.6 Å². The Morgan fingerprint density at radius 2 is 1.33 bits per heavy atom. The maximum atomic E-state index is 4.89. The molecular formula is C26H28Cl2NTi-3. The van der Waals surface area contributed by atoms with Gasteiger partial charge in [0.25, 0.3) is 0 Å². The van der Waals surface area contributed by atoms with E-state index >= 15 is 0 Å². The first kappa shape index (κ1) is 26.6. The van der Waals surface area contributed by atoms with E-state index in [0.717, 1.165) is 12.0 Å². The van der Waals surface area contributed by atoms with E-state index in [1.54, 1.807) is 0 Å². The minimum Gasteiger partial charge on any atom is -0.693 e. The van der Waals surface area contributed by atoms with Crippen molar-refractivity contribution in [2.24, 2.45) is 0 Å². The molecule has 4 rings (SSSR count). The predicted molar refractivity (Wildman–Crippen MR) is 131 cm³/mol. The van der Waals surface area contributed by atoms with E-state index in [1.165, 1.54) is 28.2 Å². The third-order valence-corrected chi connectivity index (χ3v) is 4.62. The summed E-state index contributed by atoms with van der Waals surface area (Å²) in [5.41, 5.74) is 6.74. The summed E-state index contributed by atoms with van der Waals surface area (Å²) in [6.07, 6.45) is 3.50. The molecule has 1 aliphatic rings. The van der Waals surface area contributed by atoms with Gasteiger partial charge in [-0.15, -0.1) is 12.1 Å². The van der Waals surface area contributed by atoms with Gasteiger partial charge >= 0.3 is 35.6 Å². The van der Waals surface area contributed by atoms with E-state index in [4.69, 9.17) is 18.6 Å². The molecule has 3 aromatic carbocycles. The number of allylic oxidation sites excluding steroid dienone is 1. The number of fused-ring (bicyclic) bond motifs is 1. The van der Waals surface area contributed by atoms with E-state index in [-0.39, 0.29) is 6.15 Å². The largest absolute Gasteiger partial charge is 0.693 e. The van der Waals surface area contributed by atoms with E-state index in [0.29, 0.717) is 5.92 Å². The molecule has 0 aliphatic heterocycles. The second kappa shape index (κ2) is 14.5. The summed E-state index contributed by atoms with van der Waals surface area (Å²) < 4.78 is 0. The summed E-state index contributed by atoms with van der Waals surface area (Å²) in [7, 11) is 9.78. The maximum Gasteiger partial charge on any atom is -0.693 e. The summed E-state index contributed by atoms with van der Waals surface area (Å²) in [5, 5.41) is 0. The Kier molecular flexibility index (Phi) is 12.9. The fourth-order valence-electron chi connectivity index (χ4n) is 3.42. The SMILES string of the molecule is C[C-](C)CC1C(c2ccccc2)=Cc2ccccc21.[CH2-]c1ccccc1.[Cl][Ti][Cl].[NH2-]. The Labute approximate surface area is 198 Å². The normalized spacial score (nSPS) is 13.5. The van der Waals surface area contributed by atoms with Crippen molar-refractivity contribution in [2.75, 3.05) is 0 Å². The van der Waals surface area contributed by atoms with Gasteiger partial charge in [0.1, 0.15) is 0 Å². The average Bonchev–Trinajstić information content (AvgIpc) is 3.08. The molecular weight excluding hydrogens is 445 g/mol. The Balaban J connectivity index is 0.000000343. The van der Waals surface area contributed by atoms with Crippen LogP contribution in [0.15, 0.2) is 84.9 Å². The van der Waals surface area contributed by atoms with Gasteiger partial charge in [-0.3, -0.25) is 0 Å². The van der Waals surface area contributed by atoms with Gasteiger partial charge in [-0.05, 0) is 28.2 Å². The van der Waals surface area contributed by atoms with Gasteiger partial charge in [-0.2, -0.15) is 44.9 Å². The van der Waals surface area contributed by atoms with Gasteiger partial charge in [-0.25, -0.2) is 0 Å². The molecule has 0 spiro atoms. The number of hydrogen-bond acceptors (Lipinski definition) is 0. The summed E-state index contributed by atoms with van der Waals surface area (Å²) in [5.74, 6) is 2.01. The topological polar surface area (TPSA) is 33.5 Å². The van der Waals surface area contributed by atoms with E-state index < -0.39 is 17.0 Å². The van der Waals surface area contributed by atoms with Crippen LogP contribution in [0.2, 0.25) is 0 Å². The fourth-order valence-corrected chi connectivity index (χ4v) is 3.42. The van der Waals surface area contributed by atoms with Crippen molar-refractivity contribution in [3.05, 3.63) is 126 Å². The van der Waals surface area contributed by atoms with Crippen molar-refractivity contribution < 1.29 is 17.0 Å². The van der Waals surface area contributed by atoms with E-state index in [9.17, 15) is 0 Å². The third-order valence-electron chi connectivity index (χ3n) is 4.62. The minimum atomic E-state index is -0.556. The van der Waals surface area contributed by atoms with Crippen LogP contribution in [-0.4, -0.2) is 0 Å². The van der Waals surface area contributed by atoms with Crippen LogP contribution in [0.25, 0.3) is 17.8 Å². The average molecular weight is 473 g/mol. The minimum absolute atomic E-state index is 0. The maximum absolute atomic E-state index is 4.89. The van der Waals surface area contributed by atoms with Crippen molar-refractivity contribution >= 4 is 30.3 Å². The van der Waals surface area contributed by atoms with Gasteiger partial charge in [-0.1, -0.05) is 66.7 Å². The molecule has 1 nitrogen and oxygen atoms in total. The standard InChI is InChI=1S/C19H19.C7H7.2ClH.H2N.Ti/c1-14(2)12-19-17-11-7-6-10-16(17)13-18(19)15-8-4-3-5-9-15;1-7-5-3-2-4-6-7;;;;/h3-11,13,19H,12H2,1-2H3;2-6H,1H2;2*1H;1H2;/q2*-1;;;-1;+2/p-2. The molecule has 0 radical (unpaired) electrons. The second-order valence-electron chi connectivity index (χ2n) is 7.12. The summed E-state index contributed by atoms with van der Waals surface area (Å²) in [6.45, 7) is 8.17. The van der Waals surface area contributed by atoms with Crippen molar-refractivity contribution in [1.82, 2.24) is 0 Å². The number of benzene rings is 3. The second-order valence-corrected chi connectivity index (χ2v) is 9.69. The number of nitrogens with two attached hydrogens (primary N) is 1. The van der Waals surface area contributed by atoms with E-state index in [2.05, 4.69) is 81.4 Å². The Hall–Kier alpha value is -1.48. The number of halogens is 2. The van der Waals surface area contributed by atoms with E-state index in [1.807, 2.05) is 30.3 Å². The molecule has 30 heavy (non-hydrogen) atoms. The molecule has 0 saturated heterocycles. The van der Waals surface area contributed by atoms with Crippen molar-refractivity contribution in [3.8, 4) is 0 Å². The monoisotopic (exact) mass is 472 g/mol. The van der Waals surface area contributed by atoms with Crippen molar-refractivity contribution in [3.63, 3.8) is 0 Å². The van der Waals surface area contributed by atoms with Gasteiger partial charge in [0.2, 0.25) is 0 Å². The summed E-state index contributed by atoms with van der Waals surface area (Å²) >= 11 is -0.556. The molecule has 1 atom stereocenters. The van der Waals surface area contributed by atoms with Crippen LogP contribution in [0.5, 0.6) is 0 Å². The first-order valence-corrected chi connectivity index (χ1v) is 13.8. The van der Waals surface area contributed by atoms with Crippen LogP contribution < -0.4 is 0 Å². The quantitative estimate of drug-likeness (QED) is 0.268. The summed E-state index contributed by atoms with van der Waals surface area (Å²) in [6, 6.07) is 29.4. The molecule has 0 heterocycles. The molecule has 4 heteroatoms. The van der Waals surface area contributed by atoms with Crippen LogP contribution in [0.4, 0.5) is 0 Å². The Bertz CT molecular complexity index is 880. The van der Waals surface area contributed by atoms with Crippen LogP contribution in [0.3, 0.4) is 0 Å². The molecule has 0 saturated carbocycles. The smallest absolute Gasteiger partial charge is 0.693 e. The molecule has 0 fully saturated rings. The Morgan fingerprint density at radius 1 is 0.833 bits per heavy atom. The molecule has 1 unspecified atom stereocenters. The van der Waals surface area contributed by atoms with Gasteiger partial charge in [0.05, 0.1) is 0 Å². The van der Waals surface area contributed by atoms with Crippen molar-refractivity contribution in [2.45, 2.75) is 26.2 Å². The van der Waals surface area contributed by atoms with Crippen molar-refractivity contribution in [1.29, 1.82) is 0 Å². The Morgan fingerprint density at radius 3 is 1.83 bits per heavy atom. The zero-order valence-electron chi connectivity index (χ0n) is 17.5. The zero-order chi connectivity index (χ0) is 21.1. The number of rotatable bonds is 3. The van der Waals surface area contributed by atoms with Crippen LogP contribution in [0, 0.1) is 12.8 Å². The summed E-state index contributed by atoms with van der Waals surface area (Å²) in [4.78, 5) is 0. The molecule has 158 valence electrons. The van der Waals surface area contributed by atoms with Gasteiger partial charge < -0.3 is 12.1 Å². The molecule has 2 N–H and O–H groups in total. The third kappa shape index (κ3) is 8.34. The molecule has 0 bridgehead atoms. The molecule has 0 amide bonds. The molecule has 0 aromatic heterocycles. The number of hydrogen-bond donors (Lipinski definition) is 0. The fraction of sp³-hybridized carbons (Fsp3) is 0.154. The van der Waals surface area contributed by atoms with Crippen LogP contribution in [0.1, 0.15) is 48.4 Å². The molecule has 3 aromatic rings. The van der Waals surface area contributed by atoms with Gasteiger partial charge in [0.15, 0.2) is 0 Å². The van der Waals surface area contributed by atoms with Gasteiger partial charge in [0, 0.05) is 0 Å². The molecule has 1 aliphatic carbocycles. The van der Waals surface area contributed by atoms with Crippen LogP contribution in [-0.2, 0) is 17.0 Å². The first-order chi connectivity index (χ1) is 14.1. The predicted octanol–water partition coefficient (Wildman–Crippen LogP) is 9.29. The zero-order valence-corrected chi connectivity index (χ0v) is 20.6.